The van der Waals surface area contributed by atoms with E-state index in [2.05, 4.69) is 22.1 Å². The zero-order valence-electron chi connectivity index (χ0n) is 17.3. The number of piperidine rings is 1. The van der Waals surface area contributed by atoms with Crippen LogP contribution in [0.3, 0.4) is 0 Å². The first-order valence-electron chi connectivity index (χ1n) is 10.2. The van der Waals surface area contributed by atoms with Crippen LogP contribution in [0.2, 0.25) is 0 Å². The first-order chi connectivity index (χ1) is 14.5. The molecule has 1 N–H and O–H groups in total. The van der Waals surface area contributed by atoms with E-state index in [0.717, 1.165) is 46.8 Å². The highest BCUT2D eigenvalue weighted by atomic mass is 32.2. The van der Waals surface area contributed by atoms with Gasteiger partial charge < -0.3 is 10.2 Å². The number of carbonyl (C=O) groups is 1. The van der Waals surface area contributed by atoms with Crippen LogP contribution in [0.15, 0.2) is 58.2 Å². The molecule has 3 aromatic rings. The van der Waals surface area contributed by atoms with E-state index in [1.807, 2.05) is 54.8 Å². The van der Waals surface area contributed by atoms with Gasteiger partial charge in [0, 0.05) is 29.1 Å². The molecule has 0 saturated carbocycles. The second-order valence-corrected chi connectivity index (χ2v) is 8.67. The number of hydrogen-bond donors (Lipinski definition) is 1. The molecule has 6 nitrogen and oxygen atoms in total. The maximum atomic E-state index is 12.9. The van der Waals surface area contributed by atoms with Crippen LogP contribution in [0.25, 0.3) is 10.9 Å². The Labute approximate surface area is 180 Å². The molecule has 7 heteroatoms. The van der Waals surface area contributed by atoms with Crippen molar-refractivity contribution in [1.82, 2.24) is 9.55 Å². The summed E-state index contributed by atoms with van der Waals surface area (Å²) in [5.41, 5.74) is 1.06. The van der Waals surface area contributed by atoms with E-state index in [9.17, 15) is 9.59 Å². The van der Waals surface area contributed by atoms with Crippen LogP contribution < -0.4 is 15.9 Å². The van der Waals surface area contributed by atoms with Crippen LogP contribution in [0.5, 0.6) is 0 Å². The summed E-state index contributed by atoms with van der Waals surface area (Å²) in [6.45, 7) is 3.95. The quantitative estimate of drug-likeness (QED) is 0.630. The smallest absolute Gasteiger partial charge is 0.350 e. The normalized spacial score (nSPS) is 16.6. The summed E-state index contributed by atoms with van der Waals surface area (Å²) in [6, 6.07) is 15.4. The minimum absolute atomic E-state index is 0.0769. The third kappa shape index (κ3) is 4.36. The highest BCUT2D eigenvalue weighted by Crippen LogP contribution is 2.27. The number of amides is 1. The fraction of sp³-hybridized carbons (Fsp3) is 0.348. The summed E-state index contributed by atoms with van der Waals surface area (Å²) in [5.74, 6) is 1.05. The van der Waals surface area contributed by atoms with Crippen LogP contribution in [0.1, 0.15) is 19.8 Å². The minimum Gasteiger partial charge on any atom is -0.356 e. The predicted octanol–water partition coefficient (Wildman–Crippen LogP) is 3.99. The molecule has 156 valence electrons. The number of benzene rings is 2. The number of fused-ring (bicyclic) bond motifs is 1. The Hall–Kier alpha value is -2.80. The van der Waals surface area contributed by atoms with E-state index in [0.29, 0.717) is 5.92 Å². The molecule has 0 aliphatic carbocycles. The van der Waals surface area contributed by atoms with Gasteiger partial charge in [-0.05, 0) is 55.3 Å². The highest BCUT2D eigenvalue weighted by Gasteiger charge is 2.21. The van der Waals surface area contributed by atoms with Gasteiger partial charge >= 0.3 is 5.69 Å². The number of hydrogen-bond acceptors (Lipinski definition) is 5. The molecule has 1 atom stereocenters. The number of para-hydroxylation sites is 1. The molecule has 1 fully saturated rings. The molecule has 2 aromatic carbocycles. The Bertz CT molecular complexity index is 1130. The number of nitrogens with zero attached hydrogens (tertiary/aromatic N) is 3. The average Bonchev–Trinajstić information content (AvgIpc) is 2.75. The van der Waals surface area contributed by atoms with Gasteiger partial charge in [0.15, 0.2) is 0 Å². The molecule has 0 unspecified atom stereocenters. The number of thioether (sulfide) groups is 1. The maximum Gasteiger partial charge on any atom is 0.350 e. The minimum atomic E-state index is -0.394. The second kappa shape index (κ2) is 8.92. The zero-order valence-corrected chi connectivity index (χ0v) is 18.1. The maximum absolute atomic E-state index is 12.9. The SMILES string of the molecule is CSc1cccc(NC(=O)Cn2c(=O)nc(N3CCC[C@H](C)C3)c3ccccc32)c1. The van der Waals surface area contributed by atoms with Crippen molar-refractivity contribution in [2.75, 3.05) is 29.6 Å². The van der Waals surface area contributed by atoms with Crippen LogP contribution in [-0.2, 0) is 11.3 Å². The summed E-state index contributed by atoms with van der Waals surface area (Å²) in [6.07, 6.45) is 4.28. The Balaban J connectivity index is 1.64. The predicted molar refractivity (Wildman–Crippen MR) is 123 cm³/mol. The first-order valence-corrected chi connectivity index (χ1v) is 11.5. The summed E-state index contributed by atoms with van der Waals surface area (Å²) in [5, 5.41) is 3.80. The summed E-state index contributed by atoms with van der Waals surface area (Å²) in [4.78, 5) is 33.3. The van der Waals surface area contributed by atoms with E-state index in [4.69, 9.17) is 0 Å². The average molecular weight is 423 g/mol. The lowest BCUT2D eigenvalue weighted by Crippen LogP contribution is -2.38. The number of nitrogens with one attached hydrogen (secondary N) is 1. The standard InChI is InChI=1S/C23H26N4O2S/c1-16-7-6-12-26(14-16)22-19-10-3-4-11-20(19)27(23(29)25-22)15-21(28)24-17-8-5-9-18(13-17)30-2/h3-5,8-11,13,16H,6-7,12,14-15H2,1-2H3,(H,24,28)/t16-/m0/s1. The molecular formula is C23H26N4O2S. The first kappa shape index (κ1) is 20.5. The van der Waals surface area contributed by atoms with Gasteiger partial charge in [0.05, 0.1) is 5.52 Å². The van der Waals surface area contributed by atoms with Crippen molar-refractivity contribution in [3.05, 3.63) is 59.0 Å². The van der Waals surface area contributed by atoms with Crippen LogP contribution in [0.4, 0.5) is 11.5 Å². The van der Waals surface area contributed by atoms with Crippen molar-refractivity contribution in [1.29, 1.82) is 0 Å². The van der Waals surface area contributed by atoms with Crippen molar-refractivity contribution < 1.29 is 4.79 Å². The van der Waals surface area contributed by atoms with E-state index in [-0.39, 0.29) is 12.5 Å². The largest absolute Gasteiger partial charge is 0.356 e. The van der Waals surface area contributed by atoms with Gasteiger partial charge in [-0.2, -0.15) is 4.98 Å². The lowest BCUT2D eigenvalue weighted by atomic mass is 10.00. The van der Waals surface area contributed by atoms with Gasteiger partial charge in [0.25, 0.3) is 0 Å². The van der Waals surface area contributed by atoms with Crippen LogP contribution >= 0.6 is 11.8 Å². The fourth-order valence-electron chi connectivity index (χ4n) is 4.03. The summed E-state index contributed by atoms with van der Waals surface area (Å²) < 4.78 is 1.46. The van der Waals surface area contributed by atoms with Crippen molar-refractivity contribution in [2.24, 2.45) is 5.92 Å². The molecule has 0 spiro atoms. The molecule has 4 rings (SSSR count). The Kier molecular flexibility index (Phi) is 6.08. The summed E-state index contributed by atoms with van der Waals surface area (Å²) >= 11 is 1.61. The second-order valence-electron chi connectivity index (χ2n) is 7.79. The molecule has 1 aromatic heterocycles. The number of carbonyl (C=O) groups excluding carboxylic acids is 1. The number of anilines is 2. The Morgan fingerprint density at radius 1 is 1.23 bits per heavy atom. The molecular weight excluding hydrogens is 396 g/mol. The third-order valence-electron chi connectivity index (χ3n) is 5.48. The summed E-state index contributed by atoms with van der Waals surface area (Å²) in [7, 11) is 0. The van der Waals surface area contributed by atoms with Gasteiger partial charge in [0.1, 0.15) is 12.4 Å². The van der Waals surface area contributed by atoms with E-state index in [1.165, 1.54) is 11.0 Å². The van der Waals surface area contributed by atoms with Gasteiger partial charge in [-0.15, -0.1) is 11.8 Å². The molecule has 0 bridgehead atoms. The Morgan fingerprint density at radius 3 is 2.87 bits per heavy atom. The molecule has 1 aliphatic rings. The van der Waals surface area contributed by atoms with Crippen molar-refractivity contribution in [2.45, 2.75) is 31.2 Å². The van der Waals surface area contributed by atoms with E-state index in [1.54, 1.807) is 11.8 Å². The lowest BCUT2D eigenvalue weighted by molar-refractivity contribution is -0.116. The number of rotatable bonds is 5. The van der Waals surface area contributed by atoms with Crippen molar-refractivity contribution in [3.8, 4) is 0 Å². The topological polar surface area (TPSA) is 67.2 Å². The van der Waals surface area contributed by atoms with Gasteiger partial charge in [-0.3, -0.25) is 9.36 Å². The molecule has 30 heavy (non-hydrogen) atoms. The number of aromatic nitrogens is 2. The van der Waals surface area contributed by atoms with Crippen LogP contribution in [0, 0.1) is 5.92 Å². The molecule has 1 aliphatic heterocycles. The molecule has 1 amide bonds. The third-order valence-corrected chi connectivity index (χ3v) is 6.21. The lowest BCUT2D eigenvalue weighted by Gasteiger charge is -2.32. The molecule has 2 heterocycles. The molecule has 0 radical (unpaired) electrons. The van der Waals surface area contributed by atoms with Gasteiger partial charge in [0.2, 0.25) is 5.91 Å². The van der Waals surface area contributed by atoms with Gasteiger partial charge in [-0.25, -0.2) is 4.79 Å². The zero-order chi connectivity index (χ0) is 21.1. The van der Waals surface area contributed by atoms with E-state index >= 15 is 0 Å². The van der Waals surface area contributed by atoms with Gasteiger partial charge in [-0.1, -0.05) is 25.1 Å². The van der Waals surface area contributed by atoms with Crippen molar-refractivity contribution >= 4 is 40.1 Å². The molecule has 1 saturated heterocycles. The van der Waals surface area contributed by atoms with E-state index < -0.39 is 5.69 Å². The van der Waals surface area contributed by atoms with Crippen molar-refractivity contribution in [3.63, 3.8) is 0 Å². The Morgan fingerprint density at radius 2 is 2.07 bits per heavy atom. The highest BCUT2D eigenvalue weighted by molar-refractivity contribution is 7.98. The monoisotopic (exact) mass is 422 g/mol. The fourth-order valence-corrected chi connectivity index (χ4v) is 4.49. The van der Waals surface area contributed by atoms with Crippen LogP contribution in [-0.4, -0.2) is 34.8 Å².